The van der Waals surface area contributed by atoms with Gasteiger partial charge in [-0.05, 0) is 0 Å². The maximum absolute atomic E-state index is 10.4. The number of esters is 1. The average Bonchev–Trinajstić information content (AvgIpc) is 2.00. The van der Waals surface area contributed by atoms with Crippen LogP contribution in [0.2, 0.25) is 3.91 Å². The third kappa shape index (κ3) is 8.89. The summed E-state index contributed by atoms with van der Waals surface area (Å²) in [6, 6.07) is 0. The molecule has 0 bridgehead atoms. The van der Waals surface area contributed by atoms with Crippen LogP contribution >= 0.6 is 11.9 Å². The van der Waals surface area contributed by atoms with Crippen molar-refractivity contribution in [2.45, 2.75) is 17.2 Å². The number of hydrogen-bond donors (Lipinski definition) is 0. The number of carbonyl (C=O) groups is 1. The summed E-state index contributed by atoms with van der Waals surface area (Å²) < 4.78 is 25.9. The van der Waals surface area contributed by atoms with Gasteiger partial charge in [0.15, 0.2) is 0 Å². The summed E-state index contributed by atoms with van der Waals surface area (Å²) in [6.45, 7) is -0.00594. The molecule has 0 aromatic carbocycles. The fourth-order valence-electron chi connectivity index (χ4n) is 0.242. The summed E-state index contributed by atoms with van der Waals surface area (Å²) in [7, 11) is 0. The van der Waals surface area contributed by atoms with E-state index in [2.05, 4.69) is 16.6 Å². The molecule has 50 valence electrons. The Labute approximate surface area is 77.2 Å². The van der Waals surface area contributed by atoms with E-state index in [0.29, 0.717) is 0 Å². The number of halogens is 1. The van der Waals surface area contributed by atoms with Gasteiger partial charge in [-0.15, -0.1) is 0 Å². The molecule has 0 saturated heterocycles. The fourth-order valence-corrected chi connectivity index (χ4v) is 2.97. The second-order valence-corrected chi connectivity index (χ2v) is 10.0. The molecule has 0 heterocycles. The van der Waals surface area contributed by atoms with Crippen molar-refractivity contribution in [2.75, 3.05) is 6.58 Å². The van der Waals surface area contributed by atoms with Crippen LogP contribution in [0.1, 0.15) is 17.4 Å². The molecule has 4 heteroatoms. The van der Waals surface area contributed by atoms with Crippen LogP contribution in [0.25, 0.3) is 0 Å². The van der Waals surface area contributed by atoms with Crippen LogP contribution in [0.5, 0.6) is 0 Å². The third-order valence-electron chi connectivity index (χ3n) is 0.538. The maximum atomic E-state index is 10.4. The summed E-state index contributed by atoms with van der Waals surface area (Å²) in [6.07, 6.45) is -0.921. The number of ether oxygens (including phenoxy) is 1. The van der Waals surface area contributed by atoms with Gasteiger partial charge in [0.05, 0.1) is 0 Å². The van der Waals surface area contributed by atoms with Crippen LogP contribution in [-0.4, -0.2) is 12.6 Å². The predicted molar refractivity (Wildman–Crippen MR) is 35.0 cm³/mol. The molecule has 0 spiro atoms. The molecule has 0 aromatic rings. The Kier molecular flexibility index (Phi) is 4.30. The molecule has 0 aromatic heterocycles. The van der Waals surface area contributed by atoms with Crippen LogP contribution < -0.4 is 0 Å². The van der Waals surface area contributed by atoms with Gasteiger partial charge < -0.3 is 0 Å². The second-order valence-electron chi connectivity index (χ2n) is 1.33. The number of hydrogen-bond acceptors (Lipinski definition) is 2. The number of carbonyl (C=O) groups excluding carboxylic acids is 1. The quantitative estimate of drug-likeness (QED) is 0.545. The van der Waals surface area contributed by atoms with Gasteiger partial charge in [-0.3, -0.25) is 0 Å². The number of rotatable bonds is 4. The van der Waals surface area contributed by atoms with Crippen molar-refractivity contribution >= 4 is 17.9 Å². The SMILES string of the molecule is [2H][C@@H]([C@H]([2H])OC(C)=O)[C@H]([2H])[Hg][Br]. The van der Waals surface area contributed by atoms with Gasteiger partial charge >= 0.3 is 77.5 Å². The van der Waals surface area contributed by atoms with Crippen molar-refractivity contribution < 1.29 is 35.8 Å². The molecule has 9 heavy (non-hydrogen) atoms. The van der Waals surface area contributed by atoms with Crippen molar-refractivity contribution in [3.63, 3.8) is 0 Å². The molecule has 0 aliphatic heterocycles. The average molecular weight is 385 g/mol. The Morgan fingerprint density at radius 2 is 2.67 bits per heavy atom. The van der Waals surface area contributed by atoms with E-state index >= 15 is 0 Å². The third-order valence-corrected chi connectivity index (χ3v) is 5.57. The van der Waals surface area contributed by atoms with E-state index in [0.717, 1.165) is 0 Å². The first kappa shape index (κ1) is 5.52. The monoisotopic (exact) mass is 385 g/mol. The van der Waals surface area contributed by atoms with Gasteiger partial charge in [-0.2, -0.15) is 0 Å². The normalized spacial score (nSPS) is 23.6. The molecule has 0 N–H and O–H groups in total. The van der Waals surface area contributed by atoms with Crippen molar-refractivity contribution in [1.82, 2.24) is 0 Å². The molecule has 0 unspecified atom stereocenters. The van der Waals surface area contributed by atoms with Gasteiger partial charge in [0.2, 0.25) is 0 Å². The molecule has 0 radical (unpaired) electrons. The van der Waals surface area contributed by atoms with Crippen LogP contribution in [0.3, 0.4) is 0 Å². The van der Waals surface area contributed by atoms with Crippen molar-refractivity contribution in [2.24, 2.45) is 0 Å². The first-order chi connectivity index (χ1) is 5.49. The van der Waals surface area contributed by atoms with E-state index in [1.54, 1.807) is 0 Å². The van der Waals surface area contributed by atoms with E-state index in [9.17, 15) is 4.79 Å². The summed E-state index contributed by atoms with van der Waals surface area (Å²) in [5.74, 6) is -0.564. The van der Waals surface area contributed by atoms with Crippen LogP contribution in [0, 0.1) is 0 Å². The molecular weight excluding hydrogens is 373 g/mol. The minimum absolute atomic E-state index is 0.521. The Morgan fingerprint density at radius 3 is 3.11 bits per heavy atom. The van der Waals surface area contributed by atoms with Crippen molar-refractivity contribution in [1.29, 1.82) is 0 Å². The molecule has 3 atom stereocenters. The second kappa shape index (κ2) is 7.00. The molecular formula is C5H9BrHgO2. The molecule has 0 aliphatic rings. The standard InChI is InChI=1S/C5H9O2.BrH.Hg/c1-3-4-7-5(2)6;;/h1,3-4H2,2H3;1H;/q;;+1/p-1/i1D,3D,4D;;/t3-,4+;;/m1../s1. The molecule has 2 nitrogen and oxygen atoms in total. The van der Waals surface area contributed by atoms with E-state index in [-0.39, 0.29) is 0 Å². The van der Waals surface area contributed by atoms with Gasteiger partial charge in [0, 0.05) is 0 Å². The minimum atomic E-state index is -1.47. The predicted octanol–water partition coefficient (Wildman–Crippen LogP) is 1.75. The van der Waals surface area contributed by atoms with E-state index < -0.39 is 45.0 Å². The van der Waals surface area contributed by atoms with Crippen molar-refractivity contribution in [3.05, 3.63) is 0 Å². The topological polar surface area (TPSA) is 26.3 Å². The summed E-state index contributed by atoms with van der Waals surface area (Å²) in [5.41, 5.74) is 0. The zero-order valence-electron chi connectivity index (χ0n) is 8.13. The first-order valence-corrected chi connectivity index (χ1v) is 17.6. The van der Waals surface area contributed by atoms with Crippen LogP contribution in [0.4, 0.5) is 0 Å². The van der Waals surface area contributed by atoms with Crippen LogP contribution in [-0.2, 0) is 31.7 Å². The molecule has 0 saturated carbocycles. The van der Waals surface area contributed by atoms with Gasteiger partial charge in [-0.25, -0.2) is 0 Å². The van der Waals surface area contributed by atoms with E-state index in [1.807, 2.05) is 0 Å². The Balaban J connectivity index is 3.91. The van der Waals surface area contributed by atoms with Crippen molar-refractivity contribution in [3.8, 4) is 0 Å². The van der Waals surface area contributed by atoms with E-state index in [4.69, 9.17) is 4.11 Å². The fraction of sp³-hybridized carbons (Fsp3) is 0.800. The Hall–Kier alpha value is 0.885. The van der Waals surface area contributed by atoms with Gasteiger partial charge in [0.25, 0.3) is 0 Å². The summed E-state index contributed by atoms with van der Waals surface area (Å²) >= 11 is 1.77. The zero-order chi connectivity index (χ0) is 9.72. The molecule has 0 rings (SSSR count). The first-order valence-electron chi connectivity index (χ1n) is 4.22. The Bertz CT molecular complexity index is 160. The molecule has 0 aliphatic carbocycles. The molecule has 0 amide bonds. The Morgan fingerprint density at radius 1 is 2.00 bits per heavy atom. The van der Waals surface area contributed by atoms with Gasteiger partial charge in [0.1, 0.15) is 0 Å². The summed E-state index contributed by atoms with van der Waals surface area (Å²) in [4.78, 5) is 10.4. The van der Waals surface area contributed by atoms with Gasteiger partial charge in [-0.1, -0.05) is 0 Å². The zero-order valence-corrected chi connectivity index (χ0v) is 12.2. The molecule has 0 fully saturated rings. The van der Waals surface area contributed by atoms with E-state index in [1.165, 1.54) is 6.92 Å². The van der Waals surface area contributed by atoms with Crippen LogP contribution in [0.15, 0.2) is 0 Å². The summed E-state index contributed by atoms with van der Waals surface area (Å²) in [5, 5.41) is 0.